The average molecular weight is 274 g/mol. The average Bonchev–Trinajstić information content (AvgIpc) is 2.25. The van der Waals surface area contributed by atoms with Gasteiger partial charge < -0.3 is 4.57 Å². The summed E-state index contributed by atoms with van der Waals surface area (Å²) in [6, 6.07) is 3.09. The summed E-state index contributed by atoms with van der Waals surface area (Å²) in [5.41, 5.74) is 0. The summed E-state index contributed by atoms with van der Waals surface area (Å²) >= 11 is 0. The molecule has 0 spiro atoms. The Labute approximate surface area is 113 Å². The van der Waals surface area contributed by atoms with E-state index in [2.05, 4.69) is 38.1 Å². The predicted molar refractivity (Wildman–Crippen MR) is 87.5 cm³/mol. The van der Waals surface area contributed by atoms with Crippen LogP contribution in [0.2, 0.25) is 31.7 Å². The van der Waals surface area contributed by atoms with Crippen molar-refractivity contribution in [3.05, 3.63) is 0 Å². The van der Waals surface area contributed by atoms with Crippen LogP contribution >= 0.6 is 0 Å². The van der Waals surface area contributed by atoms with Gasteiger partial charge in [-0.3, -0.25) is 0 Å². The molecule has 0 aliphatic rings. The molecule has 0 N–H and O–H groups in total. The second-order valence-electron chi connectivity index (χ2n) is 6.57. The largest absolute Gasteiger partial charge is 0.329 e. The minimum atomic E-state index is -0.776. The van der Waals surface area contributed by atoms with Gasteiger partial charge in [0.25, 0.3) is 0 Å². The molecule has 0 bridgehead atoms. The van der Waals surface area contributed by atoms with E-state index < -0.39 is 8.07 Å². The molecule has 0 heterocycles. The van der Waals surface area contributed by atoms with Crippen molar-refractivity contribution in [3.8, 4) is 0 Å². The maximum Gasteiger partial charge on any atom is 0.0950 e. The van der Waals surface area contributed by atoms with E-state index in [0.29, 0.717) is 0 Å². The molecule has 0 saturated carbocycles. The van der Waals surface area contributed by atoms with Gasteiger partial charge in [0, 0.05) is 8.07 Å². The van der Waals surface area contributed by atoms with Crippen LogP contribution < -0.4 is 0 Å². The number of hydrogen-bond donors (Lipinski definition) is 0. The Kier molecular flexibility index (Phi) is 10.6. The van der Waals surface area contributed by atoms with Crippen LogP contribution in [0.25, 0.3) is 0 Å². The first-order chi connectivity index (χ1) is 7.99. The van der Waals surface area contributed by atoms with Gasteiger partial charge in [-0.1, -0.05) is 64.8 Å². The van der Waals surface area contributed by atoms with Crippen molar-refractivity contribution in [2.75, 3.05) is 13.1 Å². The molecular weight excluding hydrogens is 238 g/mol. The fraction of sp³-hybridized carbons (Fsp3) is 1.00. The van der Waals surface area contributed by atoms with Gasteiger partial charge in [-0.2, -0.15) is 0 Å². The Balaban J connectivity index is 3.66. The molecule has 0 unspecified atom stereocenters. The molecule has 0 atom stereocenters. The van der Waals surface area contributed by atoms with Crippen molar-refractivity contribution in [3.63, 3.8) is 0 Å². The fourth-order valence-corrected chi connectivity index (χ4v) is 5.72. The van der Waals surface area contributed by atoms with Crippen molar-refractivity contribution in [2.45, 2.75) is 77.7 Å². The maximum atomic E-state index is 2.83. The third kappa shape index (κ3) is 12.6. The number of rotatable bonds is 11. The molecule has 0 fully saturated rings. The van der Waals surface area contributed by atoms with Crippen molar-refractivity contribution in [2.24, 2.45) is 0 Å². The Morgan fingerprint density at radius 3 is 1.82 bits per heavy atom. The Bertz CT molecular complexity index is 158. The molecule has 1 nitrogen and oxygen atoms in total. The summed E-state index contributed by atoms with van der Waals surface area (Å²) in [6.45, 7) is 14.9. The summed E-state index contributed by atoms with van der Waals surface area (Å²) in [4.78, 5) is 0. The van der Waals surface area contributed by atoms with E-state index in [9.17, 15) is 0 Å². The van der Waals surface area contributed by atoms with E-state index in [0.717, 1.165) is 0 Å². The molecule has 0 aliphatic carbocycles. The Morgan fingerprint density at radius 2 is 1.41 bits per heavy atom. The van der Waals surface area contributed by atoms with E-state index in [1.165, 1.54) is 51.2 Å². The highest BCUT2D eigenvalue weighted by molar-refractivity contribution is 6.76. The second kappa shape index (κ2) is 10.3. The highest BCUT2D eigenvalue weighted by atomic mass is 28.3. The third-order valence-corrected chi connectivity index (χ3v) is 7.24. The summed E-state index contributed by atoms with van der Waals surface area (Å²) in [5, 5.41) is 0. The van der Waals surface area contributed by atoms with E-state index in [1.807, 2.05) is 0 Å². The number of unbranched alkanes of at least 4 members (excludes halogenated alkanes) is 2. The first-order valence-electron chi connectivity index (χ1n) is 7.72. The number of nitrogens with zero attached hydrogens (tertiary/aromatic N) is 1. The molecular formula is C14H35NSi2. The predicted octanol–water partition coefficient (Wildman–Crippen LogP) is 4.12. The van der Waals surface area contributed by atoms with Gasteiger partial charge in [0.2, 0.25) is 0 Å². The highest BCUT2D eigenvalue weighted by Gasteiger charge is 2.12. The van der Waals surface area contributed by atoms with E-state index in [4.69, 9.17) is 0 Å². The topological polar surface area (TPSA) is 3.24 Å². The molecule has 104 valence electrons. The summed E-state index contributed by atoms with van der Waals surface area (Å²) in [5.74, 6) is 0. The molecule has 0 rings (SSSR count). The van der Waals surface area contributed by atoms with Crippen LogP contribution in [0.15, 0.2) is 0 Å². The summed E-state index contributed by atoms with van der Waals surface area (Å²) < 4.78 is 2.83. The van der Waals surface area contributed by atoms with Crippen LogP contribution in [-0.2, 0) is 0 Å². The van der Waals surface area contributed by atoms with Crippen molar-refractivity contribution in [1.82, 2.24) is 4.57 Å². The summed E-state index contributed by atoms with van der Waals surface area (Å²) in [6.07, 6.45) is 7.03. The van der Waals surface area contributed by atoms with Gasteiger partial charge >= 0.3 is 0 Å². The SMILES string of the molecule is CCCCN(CCCC)[SiH2]CCC[Si](C)(C)C. The molecule has 17 heavy (non-hydrogen) atoms. The normalized spacial score (nSPS) is 13.1. The molecule has 0 aromatic rings. The minimum absolute atomic E-state index is 0.0713. The zero-order chi connectivity index (χ0) is 13.1. The van der Waals surface area contributed by atoms with E-state index in [1.54, 1.807) is 6.04 Å². The number of hydrogen-bond acceptors (Lipinski definition) is 1. The second-order valence-corrected chi connectivity index (χ2v) is 14.2. The van der Waals surface area contributed by atoms with Gasteiger partial charge in [0.1, 0.15) is 0 Å². The molecule has 3 heteroatoms. The van der Waals surface area contributed by atoms with Crippen molar-refractivity contribution >= 4 is 17.8 Å². The summed E-state index contributed by atoms with van der Waals surface area (Å²) in [7, 11) is -0.705. The van der Waals surface area contributed by atoms with Crippen LogP contribution in [0.4, 0.5) is 0 Å². The lowest BCUT2D eigenvalue weighted by molar-refractivity contribution is 0.418. The molecule has 0 radical (unpaired) electrons. The van der Waals surface area contributed by atoms with Gasteiger partial charge in [-0.15, -0.1) is 0 Å². The molecule has 0 saturated heterocycles. The van der Waals surface area contributed by atoms with Gasteiger partial charge in [-0.05, 0) is 25.9 Å². The zero-order valence-corrected chi connectivity index (χ0v) is 15.4. The van der Waals surface area contributed by atoms with E-state index in [-0.39, 0.29) is 9.68 Å². The smallest absolute Gasteiger partial charge is 0.0950 e. The third-order valence-electron chi connectivity index (χ3n) is 3.31. The Morgan fingerprint density at radius 1 is 0.882 bits per heavy atom. The molecule has 0 aliphatic heterocycles. The molecule has 0 amide bonds. The zero-order valence-electron chi connectivity index (χ0n) is 13.0. The van der Waals surface area contributed by atoms with Gasteiger partial charge in [-0.25, -0.2) is 0 Å². The van der Waals surface area contributed by atoms with Crippen LogP contribution in [0.3, 0.4) is 0 Å². The van der Waals surface area contributed by atoms with Crippen LogP contribution in [-0.4, -0.2) is 35.4 Å². The van der Waals surface area contributed by atoms with Crippen molar-refractivity contribution < 1.29 is 0 Å². The monoisotopic (exact) mass is 273 g/mol. The fourth-order valence-electron chi connectivity index (χ4n) is 2.09. The maximum absolute atomic E-state index is 2.83. The lowest BCUT2D eigenvalue weighted by Crippen LogP contribution is -2.30. The first kappa shape index (κ1) is 17.4. The highest BCUT2D eigenvalue weighted by Crippen LogP contribution is 2.13. The minimum Gasteiger partial charge on any atom is -0.329 e. The Hall–Kier alpha value is 0.394. The van der Waals surface area contributed by atoms with Crippen LogP contribution in [0.5, 0.6) is 0 Å². The standard InChI is InChI=1S/C14H35NSi2/c1-6-8-11-15(12-9-7-2)16-13-10-14-17(3,4)5/h6-14,16H2,1-5H3. The van der Waals surface area contributed by atoms with Gasteiger partial charge in [0.15, 0.2) is 0 Å². The van der Waals surface area contributed by atoms with Gasteiger partial charge in [0.05, 0.1) is 9.68 Å². The first-order valence-corrected chi connectivity index (χ1v) is 13.1. The van der Waals surface area contributed by atoms with E-state index >= 15 is 0 Å². The van der Waals surface area contributed by atoms with Crippen LogP contribution in [0.1, 0.15) is 46.0 Å². The lowest BCUT2D eigenvalue weighted by atomic mass is 10.3. The molecule has 0 aromatic carbocycles. The van der Waals surface area contributed by atoms with Crippen LogP contribution in [0, 0.1) is 0 Å². The lowest BCUT2D eigenvalue weighted by Gasteiger charge is -2.22. The molecule has 0 aromatic heterocycles. The van der Waals surface area contributed by atoms with Crippen molar-refractivity contribution in [1.29, 1.82) is 0 Å². The quantitative estimate of drug-likeness (QED) is 0.404.